The van der Waals surface area contributed by atoms with Crippen molar-refractivity contribution in [3.63, 3.8) is 0 Å². The fourth-order valence-corrected chi connectivity index (χ4v) is 1.63. The largest absolute Gasteiger partial charge is 0.380 e. The summed E-state index contributed by atoms with van der Waals surface area (Å²) in [5, 5.41) is 0. The van der Waals surface area contributed by atoms with Crippen LogP contribution >= 0.6 is 12.4 Å². The van der Waals surface area contributed by atoms with Crippen molar-refractivity contribution in [1.82, 2.24) is 4.90 Å². The molecule has 0 aromatic carbocycles. The second kappa shape index (κ2) is 6.30. The van der Waals surface area contributed by atoms with Gasteiger partial charge in [0, 0.05) is 26.2 Å². The number of carbonyl (C=O) groups is 1. The lowest BCUT2D eigenvalue weighted by molar-refractivity contribution is -0.134. The molecule has 1 amide bonds. The van der Waals surface area contributed by atoms with E-state index in [2.05, 4.69) is 0 Å². The lowest BCUT2D eigenvalue weighted by Crippen LogP contribution is -2.41. The van der Waals surface area contributed by atoms with Crippen molar-refractivity contribution < 1.29 is 9.53 Å². The second-order valence-electron chi connectivity index (χ2n) is 4.08. The number of ether oxygens (including phenoxy) is 1. The van der Waals surface area contributed by atoms with E-state index in [1.54, 1.807) is 7.11 Å². The van der Waals surface area contributed by atoms with Crippen LogP contribution in [0.1, 0.15) is 20.3 Å². The predicted octanol–water partition coefficient (Wildman–Crippen LogP) is 0.639. The van der Waals surface area contributed by atoms with Gasteiger partial charge in [-0.2, -0.15) is 0 Å². The minimum absolute atomic E-state index is 0. The maximum Gasteiger partial charge on any atom is 0.227 e. The lowest BCUT2D eigenvalue weighted by Gasteiger charge is -2.22. The molecule has 1 rings (SSSR count). The first-order valence-electron chi connectivity index (χ1n) is 5.13. The zero-order valence-corrected chi connectivity index (χ0v) is 10.4. The van der Waals surface area contributed by atoms with Gasteiger partial charge in [0.25, 0.3) is 0 Å². The number of nitrogens with zero attached hydrogens (tertiary/aromatic N) is 1. The van der Waals surface area contributed by atoms with Crippen molar-refractivity contribution in [2.24, 2.45) is 11.7 Å². The molecule has 1 aliphatic rings. The zero-order chi connectivity index (χ0) is 10.7. The van der Waals surface area contributed by atoms with Crippen LogP contribution in [0, 0.1) is 5.92 Å². The first kappa shape index (κ1) is 14.7. The SMILES string of the molecule is CO[C@H]1CCN(C(=O)C(C)C(C)N)C1.Cl. The van der Waals surface area contributed by atoms with Gasteiger partial charge in [0.2, 0.25) is 5.91 Å². The Hall–Kier alpha value is -0.320. The molecule has 1 aliphatic heterocycles. The molecule has 90 valence electrons. The highest BCUT2D eigenvalue weighted by molar-refractivity contribution is 5.85. The molecule has 1 saturated heterocycles. The van der Waals surface area contributed by atoms with Crippen molar-refractivity contribution >= 4 is 18.3 Å². The van der Waals surface area contributed by atoms with E-state index in [4.69, 9.17) is 10.5 Å². The summed E-state index contributed by atoms with van der Waals surface area (Å²) < 4.78 is 5.21. The molecule has 15 heavy (non-hydrogen) atoms. The van der Waals surface area contributed by atoms with Crippen LogP contribution in [0.25, 0.3) is 0 Å². The highest BCUT2D eigenvalue weighted by Crippen LogP contribution is 2.15. The van der Waals surface area contributed by atoms with Gasteiger partial charge in [-0.05, 0) is 13.3 Å². The molecule has 0 saturated carbocycles. The minimum Gasteiger partial charge on any atom is -0.380 e. The molecule has 0 aromatic rings. The van der Waals surface area contributed by atoms with Crippen LogP contribution in [0.2, 0.25) is 0 Å². The smallest absolute Gasteiger partial charge is 0.227 e. The molecule has 4 nitrogen and oxygen atoms in total. The van der Waals surface area contributed by atoms with E-state index in [0.717, 1.165) is 13.0 Å². The highest BCUT2D eigenvalue weighted by atomic mass is 35.5. The van der Waals surface area contributed by atoms with E-state index in [9.17, 15) is 4.79 Å². The second-order valence-corrected chi connectivity index (χ2v) is 4.08. The van der Waals surface area contributed by atoms with Gasteiger partial charge in [-0.15, -0.1) is 12.4 Å². The van der Waals surface area contributed by atoms with Gasteiger partial charge < -0.3 is 15.4 Å². The summed E-state index contributed by atoms with van der Waals surface area (Å²) in [6.07, 6.45) is 1.15. The van der Waals surface area contributed by atoms with Crippen LogP contribution in [-0.2, 0) is 9.53 Å². The number of rotatable bonds is 3. The standard InChI is InChI=1S/C10H20N2O2.ClH/c1-7(8(2)11)10(13)12-5-4-9(6-12)14-3;/h7-9H,4-6,11H2,1-3H3;1H/t7?,8?,9-;/m0./s1. The molecule has 5 heteroatoms. The van der Waals surface area contributed by atoms with E-state index in [0.29, 0.717) is 6.54 Å². The normalized spacial score (nSPS) is 24.5. The summed E-state index contributed by atoms with van der Waals surface area (Å²) >= 11 is 0. The predicted molar refractivity (Wildman–Crippen MR) is 62.1 cm³/mol. The average molecular weight is 237 g/mol. The first-order valence-corrected chi connectivity index (χ1v) is 5.13. The Morgan fingerprint density at radius 2 is 2.13 bits per heavy atom. The third kappa shape index (κ3) is 3.63. The molecule has 0 aromatic heterocycles. The molecule has 2 unspecified atom stereocenters. The number of hydrogen-bond donors (Lipinski definition) is 1. The van der Waals surface area contributed by atoms with Gasteiger partial charge in [0.1, 0.15) is 0 Å². The van der Waals surface area contributed by atoms with Gasteiger partial charge in [-0.1, -0.05) is 6.92 Å². The van der Waals surface area contributed by atoms with E-state index < -0.39 is 0 Å². The Morgan fingerprint density at radius 1 is 1.53 bits per heavy atom. The van der Waals surface area contributed by atoms with Crippen molar-refractivity contribution in [2.75, 3.05) is 20.2 Å². The van der Waals surface area contributed by atoms with Gasteiger partial charge in [-0.3, -0.25) is 4.79 Å². The van der Waals surface area contributed by atoms with Gasteiger partial charge >= 0.3 is 0 Å². The summed E-state index contributed by atoms with van der Waals surface area (Å²) in [5.74, 6) is 0.0603. The average Bonchev–Trinajstić information content (AvgIpc) is 2.63. The monoisotopic (exact) mass is 236 g/mol. The Balaban J connectivity index is 0.00000196. The molecular weight excluding hydrogens is 216 g/mol. The molecule has 0 radical (unpaired) electrons. The van der Waals surface area contributed by atoms with Crippen molar-refractivity contribution in [1.29, 1.82) is 0 Å². The molecule has 3 atom stereocenters. The molecule has 0 spiro atoms. The van der Waals surface area contributed by atoms with E-state index in [1.165, 1.54) is 0 Å². The lowest BCUT2D eigenvalue weighted by atomic mass is 10.0. The number of methoxy groups -OCH3 is 1. The number of likely N-dealkylation sites (tertiary alicyclic amines) is 1. The minimum atomic E-state index is -0.0920. The molecule has 1 heterocycles. The van der Waals surface area contributed by atoms with Gasteiger partial charge in [-0.25, -0.2) is 0 Å². The van der Waals surface area contributed by atoms with E-state index in [1.807, 2.05) is 18.7 Å². The summed E-state index contributed by atoms with van der Waals surface area (Å²) in [6, 6.07) is -0.0795. The van der Waals surface area contributed by atoms with Crippen LogP contribution < -0.4 is 5.73 Å². The maximum absolute atomic E-state index is 11.8. The number of nitrogens with two attached hydrogens (primary N) is 1. The molecule has 2 N–H and O–H groups in total. The van der Waals surface area contributed by atoms with Crippen molar-refractivity contribution in [3.05, 3.63) is 0 Å². The number of halogens is 1. The Kier molecular flexibility index (Phi) is 6.17. The Bertz CT molecular complexity index is 212. The van der Waals surface area contributed by atoms with E-state index in [-0.39, 0.29) is 36.4 Å². The molecular formula is C10H21ClN2O2. The maximum atomic E-state index is 11.8. The molecule has 0 bridgehead atoms. The van der Waals surface area contributed by atoms with Crippen LogP contribution in [0.4, 0.5) is 0 Å². The summed E-state index contributed by atoms with van der Waals surface area (Å²) in [4.78, 5) is 13.7. The fraction of sp³-hybridized carbons (Fsp3) is 0.900. The fourth-order valence-electron chi connectivity index (χ4n) is 1.63. The number of carbonyl (C=O) groups excluding carboxylic acids is 1. The third-order valence-corrected chi connectivity index (χ3v) is 2.97. The van der Waals surface area contributed by atoms with Crippen LogP contribution in [0.5, 0.6) is 0 Å². The van der Waals surface area contributed by atoms with Crippen molar-refractivity contribution in [2.45, 2.75) is 32.4 Å². The zero-order valence-electron chi connectivity index (χ0n) is 9.60. The summed E-state index contributed by atoms with van der Waals surface area (Å²) in [7, 11) is 1.69. The number of hydrogen-bond acceptors (Lipinski definition) is 3. The van der Waals surface area contributed by atoms with Gasteiger partial charge in [0.05, 0.1) is 12.0 Å². The highest BCUT2D eigenvalue weighted by Gasteiger charge is 2.29. The van der Waals surface area contributed by atoms with Crippen LogP contribution in [0.15, 0.2) is 0 Å². The van der Waals surface area contributed by atoms with Crippen LogP contribution in [-0.4, -0.2) is 43.2 Å². The first-order chi connectivity index (χ1) is 6.56. The summed E-state index contributed by atoms with van der Waals surface area (Å²) in [6.45, 7) is 5.26. The van der Waals surface area contributed by atoms with E-state index >= 15 is 0 Å². The molecule has 1 fully saturated rings. The Labute approximate surface area is 97.5 Å². The third-order valence-electron chi connectivity index (χ3n) is 2.97. The quantitative estimate of drug-likeness (QED) is 0.783. The Morgan fingerprint density at radius 3 is 2.53 bits per heavy atom. The van der Waals surface area contributed by atoms with Crippen LogP contribution in [0.3, 0.4) is 0 Å². The molecule has 0 aliphatic carbocycles. The van der Waals surface area contributed by atoms with Gasteiger partial charge in [0.15, 0.2) is 0 Å². The topological polar surface area (TPSA) is 55.6 Å². The summed E-state index contributed by atoms with van der Waals surface area (Å²) in [5.41, 5.74) is 5.69. The van der Waals surface area contributed by atoms with Crippen molar-refractivity contribution in [3.8, 4) is 0 Å². The number of amides is 1.